The van der Waals surface area contributed by atoms with E-state index in [1.807, 2.05) is 48.7 Å². The summed E-state index contributed by atoms with van der Waals surface area (Å²) in [7, 11) is -4.31. The van der Waals surface area contributed by atoms with Crippen molar-refractivity contribution in [1.29, 1.82) is 0 Å². The average Bonchev–Trinajstić information content (AvgIpc) is 3.44. The molecule has 1 aliphatic heterocycles. The zero-order valence-electron chi connectivity index (χ0n) is 29.0. The molecular weight excluding hydrogens is 723 g/mol. The number of carbonyl (C=O) groups excluding carboxylic acids is 2. The number of aromatic nitrogens is 1. The van der Waals surface area contributed by atoms with Crippen molar-refractivity contribution in [2.45, 2.75) is 38.1 Å². The Kier molecular flexibility index (Phi) is 11.9. The number of amides is 2. The molecule has 0 unspecified atom stereocenters. The number of hydrogen-bond acceptors (Lipinski definition) is 7. The Morgan fingerprint density at radius 2 is 1.56 bits per heavy atom. The summed E-state index contributed by atoms with van der Waals surface area (Å²) in [5.41, 5.74) is 4.40. The van der Waals surface area contributed by atoms with Gasteiger partial charge in [0, 0.05) is 52.9 Å². The van der Waals surface area contributed by atoms with E-state index >= 15 is 0 Å². The van der Waals surface area contributed by atoms with Crippen LogP contribution in [0.3, 0.4) is 0 Å². The first-order chi connectivity index (χ1) is 25.0. The lowest BCUT2D eigenvalue weighted by Gasteiger charge is -2.27. The molecule has 0 spiro atoms. The van der Waals surface area contributed by atoms with Gasteiger partial charge in [-0.1, -0.05) is 47.5 Å². The number of hydrogen-bond donors (Lipinski definition) is 2. The minimum atomic E-state index is -4.31. The number of benzene rings is 4. The third-order valence-electron chi connectivity index (χ3n) is 9.03. The second kappa shape index (κ2) is 16.5. The fraction of sp³-hybridized carbons (Fsp3) is 0.282. The molecule has 0 radical (unpaired) electrons. The van der Waals surface area contributed by atoms with Crippen LogP contribution in [0.15, 0.2) is 89.8 Å². The third kappa shape index (κ3) is 8.79. The lowest BCUT2D eigenvalue weighted by Crippen LogP contribution is -2.39. The van der Waals surface area contributed by atoms with Gasteiger partial charge in [0.15, 0.2) is 0 Å². The molecule has 1 saturated heterocycles. The van der Waals surface area contributed by atoms with E-state index in [0.717, 1.165) is 35.1 Å². The van der Waals surface area contributed by atoms with Gasteiger partial charge in [-0.05, 0) is 104 Å². The molecule has 13 heteroatoms. The number of anilines is 1. The smallest absolute Gasteiger partial charge is 0.281 e. The maximum absolute atomic E-state index is 14.2. The Labute approximate surface area is 313 Å². The normalized spacial score (nSPS) is 13.6. The summed E-state index contributed by atoms with van der Waals surface area (Å²) in [5, 5.41) is 4.77. The Morgan fingerprint density at radius 3 is 2.25 bits per heavy atom. The van der Waals surface area contributed by atoms with Crippen LogP contribution in [0.1, 0.15) is 44.0 Å². The monoisotopic (exact) mass is 762 g/mol. The SMILES string of the molecule is Cc1cc(OCCCc2c(C(=O)NS(=O)(=O)c3ccc(NC(=O)c4ccccc4)cc3)n(CCN3CCOCC3)c3cc(Cl)ccc23)cc(C)c1Cl. The maximum atomic E-state index is 14.2. The molecule has 2 heterocycles. The van der Waals surface area contributed by atoms with Gasteiger partial charge in [-0.15, -0.1) is 0 Å². The van der Waals surface area contributed by atoms with Crippen LogP contribution < -0.4 is 14.8 Å². The Balaban J connectivity index is 1.26. The van der Waals surface area contributed by atoms with Crippen molar-refractivity contribution in [3.8, 4) is 5.75 Å². The Hall–Kier alpha value is -4.39. The topological polar surface area (TPSA) is 119 Å². The molecule has 6 rings (SSSR count). The number of ether oxygens (including phenoxy) is 2. The second-order valence-electron chi connectivity index (χ2n) is 12.7. The maximum Gasteiger partial charge on any atom is 0.281 e. The molecule has 0 aliphatic carbocycles. The summed E-state index contributed by atoms with van der Waals surface area (Å²) in [6.07, 6.45) is 0.988. The fourth-order valence-corrected chi connectivity index (χ4v) is 7.60. The van der Waals surface area contributed by atoms with E-state index in [1.165, 1.54) is 24.3 Å². The molecule has 0 bridgehead atoms. The number of carbonyl (C=O) groups is 2. The molecule has 0 atom stereocenters. The number of aryl methyl sites for hydroxylation is 3. The highest BCUT2D eigenvalue weighted by Gasteiger charge is 2.27. The first kappa shape index (κ1) is 37.4. The van der Waals surface area contributed by atoms with Gasteiger partial charge in [-0.2, -0.15) is 0 Å². The van der Waals surface area contributed by atoms with Crippen molar-refractivity contribution in [3.63, 3.8) is 0 Å². The van der Waals surface area contributed by atoms with Gasteiger partial charge >= 0.3 is 0 Å². The van der Waals surface area contributed by atoms with E-state index in [2.05, 4.69) is 14.9 Å². The lowest BCUT2D eigenvalue weighted by molar-refractivity contribution is 0.0364. The summed E-state index contributed by atoms with van der Waals surface area (Å²) in [5.74, 6) is -0.379. The summed E-state index contributed by atoms with van der Waals surface area (Å²) in [6, 6.07) is 23.6. The van der Waals surface area contributed by atoms with Crippen molar-refractivity contribution >= 4 is 61.6 Å². The molecular formula is C39H40Cl2N4O6S. The first-order valence-electron chi connectivity index (χ1n) is 17.0. The third-order valence-corrected chi connectivity index (χ3v) is 11.2. The second-order valence-corrected chi connectivity index (χ2v) is 15.2. The molecule has 10 nitrogen and oxygen atoms in total. The predicted molar refractivity (Wildman–Crippen MR) is 204 cm³/mol. The molecule has 2 amide bonds. The van der Waals surface area contributed by atoms with Crippen molar-refractivity contribution in [1.82, 2.24) is 14.2 Å². The number of fused-ring (bicyclic) bond motifs is 1. The van der Waals surface area contributed by atoms with E-state index in [0.29, 0.717) is 78.4 Å². The van der Waals surface area contributed by atoms with E-state index in [4.69, 9.17) is 32.7 Å². The minimum Gasteiger partial charge on any atom is -0.494 e. The molecule has 5 aromatic rings. The zero-order chi connectivity index (χ0) is 36.8. The number of halogens is 2. The van der Waals surface area contributed by atoms with E-state index in [9.17, 15) is 18.0 Å². The summed E-state index contributed by atoms with van der Waals surface area (Å²) in [6.45, 7) is 8.02. The van der Waals surface area contributed by atoms with Crippen LogP contribution in [-0.4, -0.2) is 69.2 Å². The van der Waals surface area contributed by atoms with Crippen LogP contribution in [0.5, 0.6) is 5.75 Å². The molecule has 52 heavy (non-hydrogen) atoms. The van der Waals surface area contributed by atoms with Gasteiger partial charge in [0.1, 0.15) is 11.4 Å². The van der Waals surface area contributed by atoms with Crippen molar-refractivity contribution < 1.29 is 27.5 Å². The average molecular weight is 764 g/mol. The van der Waals surface area contributed by atoms with Gasteiger partial charge in [-0.25, -0.2) is 13.1 Å². The van der Waals surface area contributed by atoms with Gasteiger partial charge in [0.2, 0.25) is 0 Å². The highest BCUT2D eigenvalue weighted by Crippen LogP contribution is 2.31. The number of morpholine rings is 1. The van der Waals surface area contributed by atoms with Crippen LogP contribution in [0.2, 0.25) is 10.0 Å². The van der Waals surface area contributed by atoms with E-state index in [1.54, 1.807) is 30.3 Å². The molecule has 4 aromatic carbocycles. The molecule has 1 fully saturated rings. The molecule has 272 valence electrons. The van der Waals surface area contributed by atoms with Crippen LogP contribution in [0, 0.1) is 13.8 Å². The lowest BCUT2D eigenvalue weighted by atomic mass is 10.1. The first-order valence-corrected chi connectivity index (χ1v) is 19.3. The van der Waals surface area contributed by atoms with Crippen molar-refractivity contribution in [3.05, 3.63) is 123 Å². The highest BCUT2D eigenvalue weighted by atomic mass is 35.5. The van der Waals surface area contributed by atoms with Crippen molar-refractivity contribution in [2.24, 2.45) is 0 Å². The minimum absolute atomic E-state index is 0.124. The van der Waals surface area contributed by atoms with Crippen molar-refractivity contribution in [2.75, 3.05) is 44.8 Å². The molecule has 1 aromatic heterocycles. The van der Waals surface area contributed by atoms with Gasteiger partial charge < -0.3 is 19.4 Å². The van der Waals surface area contributed by atoms with Crippen LogP contribution in [0.4, 0.5) is 5.69 Å². The molecule has 0 saturated carbocycles. The number of nitrogens with one attached hydrogen (secondary N) is 2. The van der Waals surface area contributed by atoms with Crippen LogP contribution in [0.25, 0.3) is 10.9 Å². The summed E-state index contributed by atoms with van der Waals surface area (Å²) < 4.78 is 43.1. The Morgan fingerprint density at radius 1 is 0.865 bits per heavy atom. The number of nitrogens with zero attached hydrogens (tertiary/aromatic N) is 2. The van der Waals surface area contributed by atoms with Crippen LogP contribution >= 0.6 is 23.2 Å². The van der Waals surface area contributed by atoms with Crippen LogP contribution in [-0.2, 0) is 27.7 Å². The molecule has 2 N–H and O–H groups in total. The fourth-order valence-electron chi connectivity index (χ4n) is 6.37. The van der Waals surface area contributed by atoms with Gasteiger partial charge in [-0.3, -0.25) is 14.5 Å². The Bertz CT molecular complexity index is 2160. The predicted octanol–water partition coefficient (Wildman–Crippen LogP) is 7.28. The number of sulfonamides is 1. The zero-order valence-corrected chi connectivity index (χ0v) is 31.3. The quantitative estimate of drug-likeness (QED) is 0.121. The summed E-state index contributed by atoms with van der Waals surface area (Å²) in [4.78, 5) is 29.0. The van der Waals surface area contributed by atoms with E-state index in [-0.39, 0.29) is 16.5 Å². The summed E-state index contributed by atoms with van der Waals surface area (Å²) >= 11 is 12.8. The largest absolute Gasteiger partial charge is 0.494 e. The standard InChI is InChI=1S/C39H40Cl2N4O6S/c1-26-23-31(24-27(2)36(26)41)51-20-6-9-34-33-15-10-29(40)25-35(33)45(17-16-44-18-21-50-22-19-44)37(34)39(47)43-52(48,49)32-13-11-30(12-14-32)42-38(46)28-7-4-3-5-8-28/h3-5,7-8,10-15,23-25H,6,9,16-22H2,1-2H3,(H,42,46)(H,43,47). The van der Waals surface area contributed by atoms with Gasteiger partial charge in [0.25, 0.3) is 21.8 Å². The highest BCUT2D eigenvalue weighted by molar-refractivity contribution is 7.90. The molecule has 1 aliphatic rings. The van der Waals surface area contributed by atoms with E-state index < -0.39 is 15.9 Å². The number of rotatable bonds is 13. The van der Waals surface area contributed by atoms with Gasteiger partial charge in [0.05, 0.1) is 30.2 Å².